The van der Waals surface area contributed by atoms with Crippen LogP contribution in [-0.2, 0) is 14.3 Å². The van der Waals surface area contributed by atoms with Gasteiger partial charge >= 0.3 is 11.9 Å². The van der Waals surface area contributed by atoms with Crippen LogP contribution >= 0.6 is 0 Å². The first-order valence-corrected chi connectivity index (χ1v) is 11.5. The number of aliphatic carboxylic acids is 1. The van der Waals surface area contributed by atoms with Gasteiger partial charge in [-0.2, -0.15) is 0 Å². The summed E-state index contributed by atoms with van der Waals surface area (Å²) < 4.78 is 5.77. The van der Waals surface area contributed by atoms with Crippen molar-refractivity contribution in [2.75, 3.05) is 0 Å². The van der Waals surface area contributed by atoms with Crippen molar-refractivity contribution >= 4 is 11.9 Å². The Labute approximate surface area is 167 Å². The van der Waals surface area contributed by atoms with Crippen molar-refractivity contribution in [2.24, 2.45) is 0 Å². The maximum atomic E-state index is 12.1. The minimum absolute atomic E-state index is 0.0270. The highest BCUT2D eigenvalue weighted by atomic mass is 16.5. The van der Waals surface area contributed by atoms with Crippen LogP contribution in [0.1, 0.15) is 129 Å². The molecule has 0 saturated carbocycles. The maximum Gasteiger partial charge on any atom is 0.306 e. The smallest absolute Gasteiger partial charge is 0.306 e. The van der Waals surface area contributed by atoms with Crippen LogP contribution in [0.3, 0.4) is 0 Å². The van der Waals surface area contributed by atoms with E-state index in [1.807, 2.05) is 0 Å². The van der Waals surface area contributed by atoms with Crippen molar-refractivity contribution in [1.29, 1.82) is 0 Å². The Balaban J connectivity index is 3.99. The zero-order valence-electron chi connectivity index (χ0n) is 18.0. The predicted octanol–water partition coefficient (Wildman–Crippen LogP) is 7.04. The van der Waals surface area contributed by atoms with Crippen LogP contribution in [0.4, 0.5) is 0 Å². The fourth-order valence-electron chi connectivity index (χ4n) is 3.36. The molecule has 4 nitrogen and oxygen atoms in total. The highest BCUT2D eigenvalue weighted by molar-refractivity contribution is 5.69. The van der Waals surface area contributed by atoms with E-state index in [9.17, 15) is 9.59 Å². The lowest BCUT2D eigenvalue weighted by Gasteiger charge is -2.18. The van der Waals surface area contributed by atoms with Crippen LogP contribution in [0.2, 0.25) is 0 Å². The summed E-state index contributed by atoms with van der Waals surface area (Å²) in [7, 11) is 0. The van der Waals surface area contributed by atoms with Crippen LogP contribution in [0.5, 0.6) is 0 Å². The SMILES string of the molecule is CCCCCCCCC(CCCCCCCC(=O)O)OC(=O)CCCCC. The van der Waals surface area contributed by atoms with Gasteiger partial charge in [0.2, 0.25) is 0 Å². The Morgan fingerprint density at radius 1 is 0.667 bits per heavy atom. The molecule has 0 aromatic heterocycles. The van der Waals surface area contributed by atoms with E-state index < -0.39 is 5.97 Å². The van der Waals surface area contributed by atoms with Crippen molar-refractivity contribution in [3.63, 3.8) is 0 Å². The average molecular weight is 385 g/mol. The third-order valence-corrected chi connectivity index (χ3v) is 5.08. The fourth-order valence-corrected chi connectivity index (χ4v) is 3.36. The van der Waals surface area contributed by atoms with Crippen molar-refractivity contribution in [3.05, 3.63) is 0 Å². The van der Waals surface area contributed by atoms with Gasteiger partial charge in [-0.15, -0.1) is 0 Å². The minimum Gasteiger partial charge on any atom is -0.481 e. The number of carboxylic acid groups (broad SMARTS) is 1. The van der Waals surface area contributed by atoms with Gasteiger partial charge in [0.1, 0.15) is 6.10 Å². The molecule has 1 atom stereocenters. The van der Waals surface area contributed by atoms with Crippen LogP contribution in [0.25, 0.3) is 0 Å². The molecule has 0 aromatic rings. The van der Waals surface area contributed by atoms with E-state index in [0.717, 1.165) is 70.6 Å². The van der Waals surface area contributed by atoms with Crippen LogP contribution in [0.15, 0.2) is 0 Å². The monoisotopic (exact) mass is 384 g/mol. The van der Waals surface area contributed by atoms with Gasteiger partial charge in [0.05, 0.1) is 0 Å². The van der Waals surface area contributed by atoms with Gasteiger partial charge in [-0.3, -0.25) is 9.59 Å². The van der Waals surface area contributed by atoms with E-state index in [2.05, 4.69) is 13.8 Å². The summed E-state index contributed by atoms with van der Waals surface area (Å²) in [6.45, 7) is 4.37. The second-order valence-electron chi connectivity index (χ2n) is 7.83. The van der Waals surface area contributed by atoms with Crippen molar-refractivity contribution in [2.45, 2.75) is 136 Å². The molecule has 1 N–H and O–H groups in total. The van der Waals surface area contributed by atoms with Crippen molar-refractivity contribution < 1.29 is 19.4 Å². The fraction of sp³-hybridized carbons (Fsp3) is 0.913. The normalized spacial score (nSPS) is 12.1. The number of carbonyl (C=O) groups excluding carboxylic acids is 1. The summed E-state index contributed by atoms with van der Waals surface area (Å²) >= 11 is 0. The quantitative estimate of drug-likeness (QED) is 0.180. The summed E-state index contributed by atoms with van der Waals surface area (Å²) in [5.74, 6) is -0.732. The summed E-state index contributed by atoms with van der Waals surface area (Å²) in [6, 6.07) is 0. The lowest BCUT2D eigenvalue weighted by atomic mass is 10.0. The number of rotatable bonds is 20. The molecule has 0 amide bonds. The average Bonchev–Trinajstić information content (AvgIpc) is 2.63. The van der Waals surface area contributed by atoms with Crippen molar-refractivity contribution in [3.8, 4) is 0 Å². The molecule has 0 aromatic carbocycles. The number of carboxylic acids is 1. The van der Waals surface area contributed by atoms with Crippen LogP contribution in [-0.4, -0.2) is 23.1 Å². The zero-order chi connectivity index (χ0) is 20.2. The highest BCUT2D eigenvalue weighted by Crippen LogP contribution is 2.18. The second-order valence-corrected chi connectivity index (χ2v) is 7.83. The molecule has 27 heavy (non-hydrogen) atoms. The molecule has 0 fully saturated rings. The molecule has 4 heteroatoms. The van der Waals surface area contributed by atoms with E-state index in [-0.39, 0.29) is 18.5 Å². The molecule has 0 aliphatic heterocycles. The molecule has 0 heterocycles. The molecule has 0 bridgehead atoms. The van der Waals surface area contributed by atoms with Gasteiger partial charge in [0, 0.05) is 12.8 Å². The standard InChI is InChI=1S/C23H44O4/c1-3-5-7-8-10-14-17-21(27-23(26)20-13-6-4-2)18-15-11-9-12-16-19-22(24)25/h21H,3-20H2,1-2H3,(H,24,25). The molecule has 0 spiro atoms. The second kappa shape index (κ2) is 19.7. The number of ether oxygens (including phenoxy) is 1. The van der Waals surface area contributed by atoms with Gasteiger partial charge in [-0.05, 0) is 38.5 Å². The van der Waals surface area contributed by atoms with Crippen LogP contribution in [0, 0.1) is 0 Å². The summed E-state index contributed by atoms with van der Waals surface area (Å²) in [5, 5.41) is 8.65. The number of esters is 1. The summed E-state index contributed by atoms with van der Waals surface area (Å²) in [5.41, 5.74) is 0. The van der Waals surface area contributed by atoms with E-state index in [1.54, 1.807) is 0 Å². The predicted molar refractivity (Wildman–Crippen MR) is 112 cm³/mol. The first kappa shape index (κ1) is 25.9. The van der Waals surface area contributed by atoms with E-state index in [1.165, 1.54) is 32.1 Å². The Bertz CT molecular complexity index is 354. The van der Waals surface area contributed by atoms with Crippen LogP contribution < -0.4 is 0 Å². The molecule has 0 rings (SSSR count). The highest BCUT2D eigenvalue weighted by Gasteiger charge is 2.14. The molecule has 0 aliphatic carbocycles. The summed E-state index contributed by atoms with van der Waals surface area (Å²) in [6.07, 6.45) is 18.5. The first-order chi connectivity index (χ1) is 13.1. The largest absolute Gasteiger partial charge is 0.481 e. The molecular weight excluding hydrogens is 340 g/mol. The molecule has 1 unspecified atom stereocenters. The number of carbonyl (C=O) groups is 2. The molecule has 0 saturated heterocycles. The van der Waals surface area contributed by atoms with Gasteiger partial charge in [-0.1, -0.05) is 78.1 Å². The number of unbranched alkanes of at least 4 members (excludes halogenated alkanes) is 11. The first-order valence-electron chi connectivity index (χ1n) is 11.5. The Morgan fingerprint density at radius 3 is 1.67 bits per heavy atom. The Kier molecular flexibility index (Phi) is 18.9. The van der Waals surface area contributed by atoms with Crippen molar-refractivity contribution in [1.82, 2.24) is 0 Å². The van der Waals surface area contributed by atoms with E-state index in [0.29, 0.717) is 6.42 Å². The topological polar surface area (TPSA) is 63.6 Å². The summed E-state index contributed by atoms with van der Waals surface area (Å²) in [4.78, 5) is 22.6. The third-order valence-electron chi connectivity index (χ3n) is 5.08. The van der Waals surface area contributed by atoms with E-state index >= 15 is 0 Å². The molecule has 0 aliphatic rings. The molecular formula is C23H44O4. The number of hydrogen-bond acceptors (Lipinski definition) is 3. The Hall–Kier alpha value is -1.06. The van der Waals surface area contributed by atoms with Gasteiger partial charge < -0.3 is 9.84 Å². The minimum atomic E-state index is -0.705. The Morgan fingerprint density at radius 2 is 1.11 bits per heavy atom. The molecule has 160 valence electrons. The zero-order valence-corrected chi connectivity index (χ0v) is 18.0. The molecule has 0 radical (unpaired) electrons. The van der Waals surface area contributed by atoms with Gasteiger partial charge in [0.15, 0.2) is 0 Å². The van der Waals surface area contributed by atoms with Gasteiger partial charge in [0.25, 0.3) is 0 Å². The number of hydrogen-bond donors (Lipinski definition) is 1. The van der Waals surface area contributed by atoms with E-state index in [4.69, 9.17) is 9.84 Å². The maximum absolute atomic E-state index is 12.1. The van der Waals surface area contributed by atoms with Gasteiger partial charge in [-0.25, -0.2) is 0 Å². The lowest BCUT2D eigenvalue weighted by molar-refractivity contribution is -0.150. The third kappa shape index (κ3) is 19.5. The lowest BCUT2D eigenvalue weighted by Crippen LogP contribution is -2.18.